The van der Waals surface area contributed by atoms with E-state index in [0.717, 1.165) is 19.3 Å². The first kappa shape index (κ1) is 17.6. The van der Waals surface area contributed by atoms with Crippen LogP contribution in [0.15, 0.2) is 0 Å². The maximum atomic E-state index is 11.6. The highest BCUT2D eigenvalue weighted by molar-refractivity contribution is 5.71. The van der Waals surface area contributed by atoms with Gasteiger partial charge in [0.2, 0.25) is 0 Å². The van der Waals surface area contributed by atoms with E-state index in [9.17, 15) is 15.0 Å². The molecule has 4 atom stereocenters. The highest BCUT2D eigenvalue weighted by Crippen LogP contribution is 2.56. The van der Waals surface area contributed by atoms with Crippen molar-refractivity contribution in [3.63, 3.8) is 0 Å². The summed E-state index contributed by atoms with van der Waals surface area (Å²) in [6.45, 7) is 0.0241. The topological polar surface area (TPSA) is 116 Å². The number of ether oxygens (including phenoxy) is 2. The van der Waals surface area contributed by atoms with Gasteiger partial charge in [-0.15, -0.1) is 0 Å². The standard InChI is InChI=1S/C15H26O7/c16-5-1-7-21-15(20,22-8-2-6-17)13-11-4-3-10(9-11)12(13)14(18)19/h10-13,16-17,20H,1-9H2,(H,18,19). The lowest BCUT2D eigenvalue weighted by molar-refractivity contribution is -0.397. The highest BCUT2D eigenvalue weighted by atomic mass is 16.8. The molecule has 4 N–H and O–H groups in total. The molecule has 0 saturated heterocycles. The summed E-state index contributed by atoms with van der Waals surface area (Å²) in [6, 6.07) is 0. The molecular weight excluding hydrogens is 292 g/mol. The molecule has 0 aromatic rings. The van der Waals surface area contributed by atoms with E-state index in [1.165, 1.54) is 0 Å². The number of carboxylic acids is 1. The zero-order valence-corrected chi connectivity index (χ0v) is 12.7. The van der Waals surface area contributed by atoms with Gasteiger partial charge in [-0.2, -0.15) is 0 Å². The molecule has 0 heterocycles. The molecule has 2 fully saturated rings. The Morgan fingerprint density at radius 2 is 1.59 bits per heavy atom. The van der Waals surface area contributed by atoms with E-state index in [-0.39, 0.29) is 38.3 Å². The van der Waals surface area contributed by atoms with Gasteiger partial charge in [0, 0.05) is 13.2 Å². The number of aliphatic hydroxyl groups is 3. The molecule has 0 aromatic carbocycles. The predicted octanol–water partition coefficient (Wildman–Crippen LogP) is 0.177. The number of carbonyl (C=O) groups is 1. The number of hydrogen-bond acceptors (Lipinski definition) is 6. The number of fused-ring (bicyclic) bond motifs is 2. The first-order valence-electron chi connectivity index (χ1n) is 7.98. The highest BCUT2D eigenvalue weighted by Gasteiger charge is 2.60. The fourth-order valence-corrected chi connectivity index (χ4v) is 3.97. The van der Waals surface area contributed by atoms with Gasteiger partial charge in [-0.05, 0) is 43.9 Å². The van der Waals surface area contributed by atoms with Crippen molar-refractivity contribution in [1.29, 1.82) is 0 Å². The van der Waals surface area contributed by atoms with Crippen molar-refractivity contribution in [2.24, 2.45) is 23.7 Å². The van der Waals surface area contributed by atoms with E-state index in [2.05, 4.69) is 0 Å². The van der Waals surface area contributed by atoms with Gasteiger partial charge < -0.3 is 29.9 Å². The third-order valence-electron chi connectivity index (χ3n) is 4.85. The van der Waals surface area contributed by atoms with Gasteiger partial charge in [-0.25, -0.2) is 0 Å². The molecule has 2 bridgehead atoms. The molecule has 0 spiro atoms. The Morgan fingerprint density at radius 3 is 2.09 bits per heavy atom. The van der Waals surface area contributed by atoms with Crippen LogP contribution in [0.2, 0.25) is 0 Å². The van der Waals surface area contributed by atoms with Crippen molar-refractivity contribution in [2.45, 2.75) is 38.1 Å². The van der Waals surface area contributed by atoms with Crippen LogP contribution in [0.4, 0.5) is 0 Å². The Kier molecular flexibility index (Phi) is 6.17. The van der Waals surface area contributed by atoms with Crippen molar-refractivity contribution < 1.29 is 34.7 Å². The van der Waals surface area contributed by atoms with E-state index < -0.39 is 23.8 Å². The molecule has 4 unspecified atom stereocenters. The third-order valence-corrected chi connectivity index (χ3v) is 4.85. The molecule has 2 aliphatic carbocycles. The number of aliphatic hydroxyl groups excluding tert-OH is 2. The van der Waals surface area contributed by atoms with Crippen LogP contribution < -0.4 is 0 Å². The number of rotatable bonds is 10. The van der Waals surface area contributed by atoms with Crippen LogP contribution in [0.3, 0.4) is 0 Å². The first-order valence-corrected chi connectivity index (χ1v) is 7.98. The van der Waals surface area contributed by atoms with Crippen molar-refractivity contribution in [2.75, 3.05) is 26.4 Å². The van der Waals surface area contributed by atoms with Gasteiger partial charge in [0.1, 0.15) is 0 Å². The van der Waals surface area contributed by atoms with Gasteiger partial charge in [-0.1, -0.05) is 0 Å². The van der Waals surface area contributed by atoms with E-state index in [1.807, 2.05) is 0 Å². The summed E-state index contributed by atoms with van der Waals surface area (Å²) >= 11 is 0. The summed E-state index contributed by atoms with van der Waals surface area (Å²) in [7, 11) is 0. The summed E-state index contributed by atoms with van der Waals surface area (Å²) in [4.78, 5) is 11.6. The maximum absolute atomic E-state index is 11.6. The molecular formula is C15H26O7. The molecule has 0 aliphatic heterocycles. The molecule has 128 valence electrons. The fraction of sp³-hybridized carbons (Fsp3) is 0.933. The van der Waals surface area contributed by atoms with Crippen LogP contribution in [0.1, 0.15) is 32.1 Å². The maximum Gasteiger partial charge on any atom is 0.307 e. The van der Waals surface area contributed by atoms with E-state index in [1.54, 1.807) is 0 Å². The van der Waals surface area contributed by atoms with Crippen molar-refractivity contribution in [1.82, 2.24) is 0 Å². The number of aliphatic carboxylic acids is 1. The van der Waals surface area contributed by atoms with E-state index >= 15 is 0 Å². The first-order chi connectivity index (χ1) is 10.5. The number of carboxylic acid groups (broad SMARTS) is 1. The second-order valence-corrected chi connectivity index (χ2v) is 6.20. The van der Waals surface area contributed by atoms with Crippen LogP contribution in [0.25, 0.3) is 0 Å². The monoisotopic (exact) mass is 318 g/mol. The molecule has 2 saturated carbocycles. The molecule has 22 heavy (non-hydrogen) atoms. The Labute approximate surface area is 129 Å². The fourth-order valence-electron chi connectivity index (χ4n) is 3.97. The van der Waals surface area contributed by atoms with Crippen molar-refractivity contribution in [3.05, 3.63) is 0 Å². The summed E-state index contributed by atoms with van der Waals surface area (Å²) < 4.78 is 10.9. The van der Waals surface area contributed by atoms with Crippen molar-refractivity contribution in [3.8, 4) is 0 Å². The normalized spacial score (nSPS) is 30.9. The quantitative estimate of drug-likeness (QED) is 0.335. The van der Waals surface area contributed by atoms with Gasteiger partial charge in [0.15, 0.2) is 0 Å². The molecule has 7 nitrogen and oxygen atoms in total. The smallest absolute Gasteiger partial charge is 0.307 e. The minimum absolute atomic E-state index is 0.0573. The SMILES string of the molecule is O=C(O)C1C2CCC(C2)C1C(O)(OCCCO)OCCCO. The van der Waals surface area contributed by atoms with Gasteiger partial charge in [0.05, 0.1) is 25.0 Å². The average molecular weight is 318 g/mol. The van der Waals surface area contributed by atoms with Crippen LogP contribution in [0, 0.1) is 23.7 Å². The lowest BCUT2D eigenvalue weighted by Crippen LogP contribution is -2.51. The Hall–Kier alpha value is -0.730. The van der Waals surface area contributed by atoms with E-state index in [0.29, 0.717) is 12.8 Å². The molecule has 7 heteroatoms. The summed E-state index contributed by atoms with van der Waals surface area (Å²) in [5.74, 6) is -4.05. The zero-order valence-electron chi connectivity index (χ0n) is 12.7. The molecule has 0 aromatic heterocycles. The Bertz CT molecular complexity index is 363. The van der Waals surface area contributed by atoms with Gasteiger partial charge in [0.25, 0.3) is 5.97 Å². The second-order valence-electron chi connectivity index (χ2n) is 6.20. The van der Waals surface area contributed by atoms with Crippen LogP contribution >= 0.6 is 0 Å². The zero-order chi connectivity index (χ0) is 16.2. The van der Waals surface area contributed by atoms with Crippen LogP contribution in [-0.4, -0.2) is 58.8 Å². The molecule has 2 rings (SSSR count). The molecule has 0 amide bonds. The van der Waals surface area contributed by atoms with Gasteiger partial charge in [-0.3, -0.25) is 4.79 Å². The summed E-state index contributed by atoms with van der Waals surface area (Å²) in [6.07, 6.45) is 3.18. The summed E-state index contributed by atoms with van der Waals surface area (Å²) in [5.41, 5.74) is 0. The largest absolute Gasteiger partial charge is 0.481 e. The number of hydrogen-bond donors (Lipinski definition) is 4. The van der Waals surface area contributed by atoms with E-state index in [4.69, 9.17) is 19.7 Å². The molecule has 0 radical (unpaired) electrons. The second kappa shape index (κ2) is 7.70. The van der Waals surface area contributed by atoms with Crippen molar-refractivity contribution >= 4 is 5.97 Å². The minimum Gasteiger partial charge on any atom is -0.481 e. The Balaban J connectivity index is 2.12. The van der Waals surface area contributed by atoms with Crippen LogP contribution in [0.5, 0.6) is 0 Å². The lowest BCUT2D eigenvalue weighted by Gasteiger charge is -2.40. The predicted molar refractivity (Wildman–Crippen MR) is 75.7 cm³/mol. The third kappa shape index (κ3) is 3.60. The minimum atomic E-state index is -1.97. The van der Waals surface area contributed by atoms with Gasteiger partial charge >= 0.3 is 5.97 Å². The van der Waals surface area contributed by atoms with Crippen LogP contribution in [-0.2, 0) is 14.3 Å². The summed E-state index contributed by atoms with van der Waals surface area (Å²) in [5, 5.41) is 38.1. The molecule has 2 aliphatic rings. The average Bonchev–Trinajstić information content (AvgIpc) is 3.08. The Morgan fingerprint density at radius 1 is 1.05 bits per heavy atom. The lowest BCUT2D eigenvalue weighted by atomic mass is 9.77.